The number of H-pyrrole nitrogens is 1. The molecule has 0 unspecified atom stereocenters. The maximum Gasteiger partial charge on any atom is 0.260 e. The van der Waals surface area contributed by atoms with Gasteiger partial charge < -0.3 is 14.6 Å². The van der Waals surface area contributed by atoms with Crippen LogP contribution in [0.25, 0.3) is 16.5 Å². The summed E-state index contributed by atoms with van der Waals surface area (Å²) in [6.07, 6.45) is 5.12. The van der Waals surface area contributed by atoms with Gasteiger partial charge in [0.25, 0.3) is 5.91 Å². The Kier molecular flexibility index (Phi) is 4.95. The minimum Gasteiger partial charge on any atom is -0.483 e. The first-order valence-corrected chi connectivity index (χ1v) is 9.77. The normalized spacial score (nSPS) is 14.2. The molecule has 0 radical (unpaired) electrons. The quantitative estimate of drug-likeness (QED) is 0.714. The number of aromatic nitrogens is 1. The molecule has 2 heterocycles. The van der Waals surface area contributed by atoms with Gasteiger partial charge >= 0.3 is 0 Å². The van der Waals surface area contributed by atoms with E-state index in [4.69, 9.17) is 4.74 Å². The maximum absolute atomic E-state index is 12.6. The van der Waals surface area contributed by atoms with Crippen LogP contribution in [0, 0.1) is 20.8 Å². The zero-order valence-corrected chi connectivity index (χ0v) is 16.7. The number of ether oxygens (including phenoxy) is 1. The summed E-state index contributed by atoms with van der Waals surface area (Å²) >= 11 is 0. The number of nitrogens with one attached hydrogen (secondary N) is 1. The Balaban J connectivity index is 1.43. The van der Waals surface area contributed by atoms with Gasteiger partial charge in [-0.2, -0.15) is 0 Å². The summed E-state index contributed by atoms with van der Waals surface area (Å²) in [5.74, 6) is 0.853. The summed E-state index contributed by atoms with van der Waals surface area (Å²) in [5, 5.41) is 1.25. The van der Waals surface area contributed by atoms with E-state index in [0.29, 0.717) is 6.54 Å². The number of aromatic amines is 1. The molecule has 1 N–H and O–H groups in total. The number of amides is 1. The van der Waals surface area contributed by atoms with Crippen molar-refractivity contribution in [2.75, 3.05) is 19.7 Å². The summed E-state index contributed by atoms with van der Waals surface area (Å²) in [7, 11) is 0. The lowest BCUT2D eigenvalue weighted by molar-refractivity contribution is -0.132. The van der Waals surface area contributed by atoms with Gasteiger partial charge in [-0.3, -0.25) is 4.79 Å². The fourth-order valence-electron chi connectivity index (χ4n) is 3.96. The molecule has 4 heteroatoms. The molecular weight excluding hydrogens is 348 g/mol. The third-order valence-electron chi connectivity index (χ3n) is 5.58. The Labute approximate surface area is 165 Å². The van der Waals surface area contributed by atoms with Crippen molar-refractivity contribution in [1.29, 1.82) is 0 Å². The van der Waals surface area contributed by atoms with E-state index in [1.807, 2.05) is 36.9 Å². The van der Waals surface area contributed by atoms with Crippen molar-refractivity contribution >= 4 is 22.4 Å². The van der Waals surface area contributed by atoms with Gasteiger partial charge in [-0.25, -0.2) is 0 Å². The molecule has 0 atom stereocenters. The van der Waals surface area contributed by atoms with E-state index in [-0.39, 0.29) is 12.5 Å². The molecule has 0 saturated heterocycles. The summed E-state index contributed by atoms with van der Waals surface area (Å²) in [4.78, 5) is 17.9. The zero-order valence-electron chi connectivity index (χ0n) is 16.7. The van der Waals surface area contributed by atoms with Crippen molar-refractivity contribution in [3.8, 4) is 5.75 Å². The molecule has 4 nitrogen and oxygen atoms in total. The number of benzene rings is 2. The van der Waals surface area contributed by atoms with E-state index in [1.54, 1.807) is 0 Å². The highest BCUT2D eigenvalue weighted by atomic mass is 16.5. The van der Waals surface area contributed by atoms with Crippen molar-refractivity contribution in [2.24, 2.45) is 0 Å². The third kappa shape index (κ3) is 3.42. The standard InChI is InChI=1S/C24H26N2O2/c1-16-6-5-9-20-21(14-25-23(16)20)19-10-12-26(13-11-19)22(27)15-28-24-17(2)7-4-8-18(24)3/h4-10,14,25H,11-13,15H2,1-3H3. The SMILES string of the molecule is Cc1cccc(C)c1OCC(=O)N1CC=C(c2c[nH]c3c(C)cccc23)CC1. The Morgan fingerprint density at radius 2 is 1.79 bits per heavy atom. The molecule has 1 aliphatic heterocycles. The molecule has 1 aromatic heterocycles. The maximum atomic E-state index is 12.6. The third-order valence-corrected chi connectivity index (χ3v) is 5.58. The van der Waals surface area contributed by atoms with Crippen LogP contribution in [0.2, 0.25) is 0 Å². The molecule has 28 heavy (non-hydrogen) atoms. The number of hydrogen-bond acceptors (Lipinski definition) is 2. The van der Waals surface area contributed by atoms with Crippen molar-refractivity contribution in [1.82, 2.24) is 9.88 Å². The van der Waals surface area contributed by atoms with Crippen molar-refractivity contribution in [3.63, 3.8) is 0 Å². The Morgan fingerprint density at radius 3 is 2.50 bits per heavy atom. The smallest absolute Gasteiger partial charge is 0.260 e. The molecular formula is C24H26N2O2. The lowest BCUT2D eigenvalue weighted by Crippen LogP contribution is -2.37. The number of para-hydroxylation sites is 2. The van der Waals surface area contributed by atoms with Crippen LogP contribution in [-0.2, 0) is 4.79 Å². The van der Waals surface area contributed by atoms with Gasteiger partial charge in [0.05, 0.1) is 0 Å². The minimum atomic E-state index is 0.0349. The highest BCUT2D eigenvalue weighted by Gasteiger charge is 2.20. The second-order valence-corrected chi connectivity index (χ2v) is 7.53. The molecule has 0 spiro atoms. The van der Waals surface area contributed by atoms with E-state index in [1.165, 1.54) is 27.6 Å². The first-order valence-electron chi connectivity index (χ1n) is 9.77. The monoisotopic (exact) mass is 374 g/mol. The van der Waals surface area contributed by atoms with E-state index in [0.717, 1.165) is 29.8 Å². The van der Waals surface area contributed by atoms with E-state index >= 15 is 0 Å². The molecule has 1 aliphatic rings. The lowest BCUT2D eigenvalue weighted by atomic mass is 9.98. The van der Waals surface area contributed by atoms with Gasteiger partial charge in [-0.1, -0.05) is 42.5 Å². The molecule has 0 aliphatic carbocycles. The first-order chi connectivity index (χ1) is 13.5. The van der Waals surface area contributed by atoms with E-state index in [9.17, 15) is 4.79 Å². The summed E-state index contributed by atoms with van der Waals surface area (Å²) in [6.45, 7) is 7.56. The Hall–Kier alpha value is -3.01. The van der Waals surface area contributed by atoms with Gasteiger partial charge in [0.1, 0.15) is 5.75 Å². The van der Waals surface area contributed by atoms with Crippen LogP contribution in [0.15, 0.2) is 48.7 Å². The molecule has 144 valence electrons. The first kappa shape index (κ1) is 18.4. The summed E-state index contributed by atoms with van der Waals surface area (Å²) in [6, 6.07) is 12.4. The van der Waals surface area contributed by atoms with Crippen LogP contribution in [0.5, 0.6) is 5.75 Å². The predicted octanol–water partition coefficient (Wildman–Crippen LogP) is 4.79. The van der Waals surface area contributed by atoms with Crippen LogP contribution < -0.4 is 4.74 Å². The number of fused-ring (bicyclic) bond motifs is 1. The number of nitrogens with zero attached hydrogens (tertiary/aromatic N) is 1. The summed E-state index contributed by atoms with van der Waals surface area (Å²) in [5.41, 5.74) is 7.11. The summed E-state index contributed by atoms with van der Waals surface area (Å²) < 4.78 is 5.84. The number of hydrogen-bond donors (Lipinski definition) is 1. The van der Waals surface area contributed by atoms with Crippen molar-refractivity contribution < 1.29 is 9.53 Å². The number of carbonyl (C=O) groups excluding carboxylic acids is 1. The molecule has 0 fully saturated rings. The fourth-order valence-corrected chi connectivity index (χ4v) is 3.96. The fraction of sp³-hybridized carbons (Fsp3) is 0.292. The van der Waals surface area contributed by atoms with Gasteiger partial charge in [0.2, 0.25) is 0 Å². The van der Waals surface area contributed by atoms with Crippen LogP contribution in [-0.4, -0.2) is 35.5 Å². The second-order valence-electron chi connectivity index (χ2n) is 7.53. The van der Waals surface area contributed by atoms with Gasteiger partial charge in [0, 0.05) is 35.8 Å². The number of rotatable bonds is 4. The van der Waals surface area contributed by atoms with Crippen LogP contribution in [0.3, 0.4) is 0 Å². The Bertz CT molecular complexity index is 1040. The number of aryl methyl sites for hydroxylation is 3. The number of carbonyl (C=O) groups is 1. The molecule has 1 amide bonds. The largest absolute Gasteiger partial charge is 0.483 e. The van der Waals surface area contributed by atoms with Gasteiger partial charge in [0.15, 0.2) is 6.61 Å². The minimum absolute atomic E-state index is 0.0349. The second kappa shape index (κ2) is 7.55. The lowest BCUT2D eigenvalue weighted by Gasteiger charge is -2.26. The van der Waals surface area contributed by atoms with Crippen LogP contribution >= 0.6 is 0 Å². The zero-order chi connectivity index (χ0) is 19.7. The van der Waals surface area contributed by atoms with E-state index in [2.05, 4.69) is 42.4 Å². The Morgan fingerprint density at radius 1 is 1.07 bits per heavy atom. The highest BCUT2D eigenvalue weighted by molar-refractivity contribution is 5.94. The predicted molar refractivity (Wildman–Crippen MR) is 114 cm³/mol. The molecule has 2 aromatic carbocycles. The average molecular weight is 374 g/mol. The van der Waals surface area contributed by atoms with Crippen LogP contribution in [0.1, 0.15) is 28.7 Å². The molecule has 4 rings (SSSR count). The van der Waals surface area contributed by atoms with Crippen molar-refractivity contribution in [2.45, 2.75) is 27.2 Å². The average Bonchev–Trinajstić information content (AvgIpc) is 3.13. The van der Waals surface area contributed by atoms with Gasteiger partial charge in [-0.15, -0.1) is 0 Å². The van der Waals surface area contributed by atoms with Gasteiger partial charge in [-0.05, 0) is 49.5 Å². The molecule has 3 aromatic rings. The molecule has 0 bridgehead atoms. The van der Waals surface area contributed by atoms with Crippen molar-refractivity contribution in [3.05, 3.63) is 70.9 Å². The highest BCUT2D eigenvalue weighted by Crippen LogP contribution is 2.30. The van der Waals surface area contributed by atoms with E-state index < -0.39 is 0 Å². The topological polar surface area (TPSA) is 45.3 Å². The van der Waals surface area contributed by atoms with Crippen LogP contribution in [0.4, 0.5) is 0 Å². The molecule has 0 saturated carbocycles.